The Morgan fingerprint density at radius 2 is 2.24 bits per heavy atom. The number of halogens is 1. The summed E-state index contributed by atoms with van der Waals surface area (Å²) in [5.74, 6) is -0.550. The van der Waals surface area contributed by atoms with Crippen molar-refractivity contribution in [2.45, 2.75) is 13.3 Å². The van der Waals surface area contributed by atoms with Crippen molar-refractivity contribution in [3.63, 3.8) is 0 Å². The van der Waals surface area contributed by atoms with Crippen molar-refractivity contribution >= 4 is 52.3 Å². The molecule has 0 spiro atoms. The summed E-state index contributed by atoms with van der Waals surface area (Å²) in [6.07, 6.45) is 0.195. The van der Waals surface area contributed by atoms with Crippen LogP contribution in [0.3, 0.4) is 0 Å². The number of thiazole rings is 1. The van der Waals surface area contributed by atoms with E-state index in [0.29, 0.717) is 11.7 Å². The van der Waals surface area contributed by atoms with Gasteiger partial charge in [0.15, 0.2) is 5.13 Å². The molecule has 1 amide bonds. The molecule has 3 rings (SSSR count). The fourth-order valence-electron chi connectivity index (χ4n) is 2.55. The van der Waals surface area contributed by atoms with E-state index in [1.165, 1.54) is 11.3 Å². The molecule has 2 aromatic rings. The standard InChI is InChI=1S/C13H13ClN2O3S2/c1-8-3-2-4-10-12(8)15-13(20-10)16-6-9(5-11(16)17)7-21(14,18)19/h2-4,9H,5-7H2,1H3. The third-order valence-corrected chi connectivity index (χ3v) is 5.77. The average Bonchev–Trinajstić information content (AvgIpc) is 2.91. The molecule has 1 fully saturated rings. The van der Waals surface area contributed by atoms with Gasteiger partial charge in [-0.2, -0.15) is 0 Å². The van der Waals surface area contributed by atoms with E-state index >= 15 is 0 Å². The Labute approximate surface area is 131 Å². The quantitative estimate of drug-likeness (QED) is 0.802. The van der Waals surface area contributed by atoms with Crippen LogP contribution in [0.25, 0.3) is 10.2 Å². The molecule has 2 heterocycles. The first-order valence-electron chi connectivity index (χ1n) is 6.42. The Balaban J connectivity index is 1.89. The maximum absolute atomic E-state index is 12.1. The van der Waals surface area contributed by atoms with Crippen LogP contribution in [0.4, 0.5) is 5.13 Å². The lowest BCUT2D eigenvalue weighted by Gasteiger charge is -2.12. The van der Waals surface area contributed by atoms with E-state index in [9.17, 15) is 13.2 Å². The second-order valence-electron chi connectivity index (χ2n) is 5.20. The largest absolute Gasteiger partial charge is 0.288 e. The molecule has 0 bridgehead atoms. The fourth-order valence-corrected chi connectivity index (χ4v) is 4.94. The van der Waals surface area contributed by atoms with Crippen molar-refractivity contribution in [3.05, 3.63) is 23.8 Å². The predicted octanol–water partition coefficient (Wildman–Crippen LogP) is 2.53. The van der Waals surface area contributed by atoms with Gasteiger partial charge in [0.25, 0.3) is 0 Å². The zero-order valence-electron chi connectivity index (χ0n) is 11.2. The number of fused-ring (bicyclic) bond motifs is 1. The molecule has 0 N–H and O–H groups in total. The van der Waals surface area contributed by atoms with Gasteiger partial charge in [0, 0.05) is 29.6 Å². The third-order valence-electron chi connectivity index (χ3n) is 3.48. The number of aromatic nitrogens is 1. The zero-order valence-corrected chi connectivity index (χ0v) is 13.6. The van der Waals surface area contributed by atoms with Gasteiger partial charge in [-0.25, -0.2) is 13.4 Å². The minimum atomic E-state index is -3.59. The molecule has 21 heavy (non-hydrogen) atoms. The smallest absolute Gasteiger partial charge is 0.232 e. The minimum absolute atomic E-state index is 0.1000. The Hall–Kier alpha value is -1.18. The summed E-state index contributed by atoms with van der Waals surface area (Å²) in [6.45, 7) is 2.32. The van der Waals surface area contributed by atoms with Crippen molar-refractivity contribution in [1.29, 1.82) is 0 Å². The predicted molar refractivity (Wildman–Crippen MR) is 84.5 cm³/mol. The van der Waals surface area contributed by atoms with E-state index < -0.39 is 9.05 Å². The highest BCUT2D eigenvalue weighted by Crippen LogP contribution is 2.34. The highest BCUT2D eigenvalue weighted by molar-refractivity contribution is 8.13. The monoisotopic (exact) mass is 344 g/mol. The molecule has 1 aliphatic heterocycles. The Morgan fingerprint density at radius 3 is 2.90 bits per heavy atom. The Bertz CT molecular complexity index is 816. The Kier molecular flexibility index (Phi) is 3.67. The van der Waals surface area contributed by atoms with Crippen LogP contribution in [-0.2, 0) is 13.8 Å². The summed E-state index contributed by atoms with van der Waals surface area (Å²) in [5, 5.41) is 0.624. The second-order valence-corrected chi connectivity index (χ2v) is 9.03. The number of benzene rings is 1. The number of hydrogen-bond donors (Lipinski definition) is 0. The summed E-state index contributed by atoms with van der Waals surface area (Å²) in [6, 6.07) is 5.89. The van der Waals surface area contributed by atoms with E-state index in [0.717, 1.165) is 15.8 Å². The first-order chi connectivity index (χ1) is 9.83. The van der Waals surface area contributed by atoms with Crippen molar-refractivity contribution < 1.29 is 13.2 Å². The normalized spacial score (nSPS) is 19.6. The number of anilines is 1. The number of amides is 1. The number of nitrogens with zero attached hydrogens (tertiary/aromatic N) is 2. The van der Waals surface area contributed by atoms with Gasteiger partial charge < -0.3 is 0 Å². The van der Waals surface area contributed by atoms with Crippen LogP contribution in [0, 0.1) is 12.8 Å². The molecule has 1 unspecified atom stereocenters. The molecule has 1 aliphatic rings. The summed E-state index contributed by atoms with van der Waals surface area (Å²) in [4.78, 5) is 18.2. The third kappa shape index (κ3) is 3.04. The van der Waals surface area contributed by atoms with E-state index in [1.54, 1.807) is 4.90 Å². The van der Waals surface area contributed by atoms with Crippen molar-refractivity contribution in [3.8, 4) is 0 Å². The van der Waals surface area contributed by atoms with Crippen LogP contribution in [0.1, 0.15) is 12.0 Å². The first kappa shape index (κ1) is 14.7. The van der Waals surface area contributed by atoms with Crippen LogP contribution in [-0.4, -0.2) is 31.6 Å². The molecule has 1 aromatic carbocycles. The number of rotatable bonds is 3. The molecule has 8 heteroatoms. The van der Waals surface area contributed by atoms with E-state index in [2.05, 4.69) is 4.98 Å². The van der Waals surface area contributed by atoms with Crippen molar-refractivity contribution in [1.82, 2.24) is 4.98 Å². The molecule has 1 saturated heterocycles. The topological polar surface area (TPSA) is 67.3 Å². The van der Waals surface area contributed by atoms with Gasteiger partial charge in [-0.15, -0.1) is 0 Å². The zero-order chi connectivity index (χ0) is 15.2. The van der Waals surface area contributed by atoms with Crippen LogP contribution >= 0.6 is 22.0 Å². The second kappa shape index (κ2) is 5.23. The number of carbonyl (C=O) groups is 1. The molecule has 5 nitrogen and oxygen atoms in total. The van der Waals surface area contributed by atoms with Crippen LogP contribution in [0.15, 0.2) is 18.2 Å². The van der Waals surface area contributed by atoms with Crippen LogP contribution in [0.2, 0.25) is 0 Å². The number of hydrogen-bond acceptors (Lipinski definition) is 5. The maximum atomic E-state index is 12.1. The molecule has 1 atom stereocenters. The van der Waals surface area contributed by atoms with Crippen molar-refractivity contribution in [2.75, 3.05) is 17.2 Å². The number of aryl methyl sites for hydroxylation is 1. The molecule has 0 radical (unpaired) electrons. The van der Waals surface area contributed by atoms with E-state index in [1.807, 2.05) is 25.1 Å². The molecule has 0 saturated carbocycles. The molecular formula is C13H13ClN2O3S2. The highest BCUT2D eigenvalue weighted by atomic mass is 35.7. The van der Waals surface area contributed by atoms with Gasteiger partial charge >= 0.3 is 0 Å². The lowest BCUT2D eigenvalue weighted by Crippen LogP contribution is -2.25. The Morgan fingerprint density at radius 1 is 1.48 bits per heavy atom. The van der Waals surface area contributed by atoms with Gasteiger partial charge in [0.05, 0.1) is 16.0 Å². The minimum Gasteiger partial charge on any atom is -0.288 e. The maximum Gasteiger partial charge on any atom is 0.232 e. The fraction of sp³-hybridized carbons (Fsp3) is 0.385. The van der Waals surface area contributed by atoms with Gasteiger partial charge in [0.1, 0.15) is 0 Å². The molecule has 1 aromatic heterocycles. The van der Waals surface area contributed by atoms with Crippen LogP contribution in [0.5, 0.6) is 0 Å². The van der Waals surface area contributed by atoms with Gasteiger partial charge in [-0.1, -0.05) is 23.5 Å². The lowest BCUT2D eigenvalue weighted by molar-refractivity contribution is -0.117. The molecule has 112 valence electrons. The van der Waals surface area contributed by atoms with Gasteiger partial charge in [-0.05, 0) is 18.6 Å². The first-order valence-corrected chi connectivity index (χ1v) is 9.72. The van der Waals surface area contributed by atoms with E-state index in [4.69, 9.17) is 10.7 Å². The summed E-state index contributed by atoms with van der Waals surface area (Å²) in [7, 11) is 1.68. The van der Waals surface area contributed by atoms with E-state index in [-0.39, 0.29) is 24.0 Å². The van der Waals surface area contributed by atoms with Crippen LogP contribution < -0.4 is 4.90 Å². The van der Waals surface area contributed by atoms with Gasteiger partial charge in [0.2, 0.25) is 15.0 Å². The lowest BCUT2D eigenvalue weighted by atomic mass is 10.1. The SMILES string of the molecule is Cc1cccc2sc(N3CC(CS(=O)(=O)Cl)CC3=O)nc12. The summed E-state index contributed by atoms with van der Waals surface area (Å²) < 4.78 is 23.3. The number of para-hydroxylation sites is 1. The molecular weight excluding hydrogens is 332 g/mol. The van der Waals surface area contributed by atoms with Gasteiger partial charge in [-0.3, -0.25) is 9.69 Å². The average molecular weight is 345 g/mol. The molecule has 0 aliphatic carbocycles. The number of carbonyl (C=O) groups excluding carboxylic acids is 1. The highest BCUT2D eigenvalue weighted by Gasteiger charge is 2.34. The summed E-state index contributed by atoms with van der Waals surface area (Å²) >= 11 is 1.44. The summed E-state index contributed by atoms with van der Waals surface area (Å²) in [5.41, 5.74) is 1.94. The van der Waals surface area contributed by atoms with Crippen molar-refractivity contribution in [2.24, 2.45) is 5.92 Å².